The standard InChI is InChI=1S/C22H21FN4O4S/c1-27(12-19(28)25-17-9-7-16(23)8-10-17)20(29)13-31-21(30)18-14-32-22(26-18)24-11-15-5-3-2-4-6-15/h2-10,14H,11-13H2,1H3,(H,24,26)(H,25,28). The fraction of sp³-hybridized carbons (Fsp3) is 0.182. The molecule has 3 aromatic rings. The van der Waals surface area contributed by atoms with E-state index in [0.717, 1.165) is 10.5 Å². The highest BCUT2D eigenvalue weighted by atomic mass is 32.1. The summed E-state index contributed by atoms with van der Waals surface area (Å²) in [6, 6.07) is 15.0. The number of likely N-dealkylation sites (N-methyl/N-ethyl adjacent to an activating group) is 1. The largest absolute Gasteiger partial charge is 0.451 e. The number of nitrogens with one attached hydrogen (secondary N) is 2. The zero-order chi connectivity index (χ0) is 22.9. The van der Waals surface area contributed by atoms with Crippen molar-refractivity contribution in [3.63, 3.8) is 0 Å². The SMILES string of the molecule is CN(CC(=O)Nc1ccc(F)cc1)C(=O)COC(=O)c1csc(NCc2ccccc2)n1. The molecular formula is C22H21FN4O4S. The second-order valence-electron chi connectivity index (χ2n) is 6.76. The van der Waals surface area contributed by atoms with Gasteiger partial charge in [0, 0.05) is 24.7 Å². The second kappa shape index (κ2) is 11.0. The second-order valence-corrected chi connectivity index (χ2v) is 7.62. The molecule has 32 heavy (non-hydrogen) atoms. The maximum Gasteiger partial charge on any atom is 0.358 e. The van der Waals surface area contributed by atoms with E-state index in [9.17, 15) is 18.8 Å². The van der Waals surface area contributed by atoms with E-state index in [1.54, 1.807) is 5.38 Å². The fourth-order valence-corrected chi connectivity index (χ4v) is 3.25. The molecule has 2 aromatic carbocycles. The van der Waals surface area contributed by atoms with E-state index in [1.807, 2.05) is 30.3 Å². The summed E-state index contributed by atoms with van der Waals surface area (Å²) in [7, 11) is 1.41. The number of carbonyl (C=O) groups excluding carboxylic acids is 3. The van der Waals surface area contributed by atoms with Gasteiger partial charge in [-0.25, -0.2) is 14.2 Å². The Morgan fingerprint density at radius 2 is 1.81 bits per heavy atom. The lowest BCUT2D eigenvalue weighted by Crippen LogP contribution is -2.37. The van der Waals surface area contributed by atoms with Gasteiger partial charge in [0.05, 0.1) is 6.54 Å². The number of hydrogen-bond donors (Lipinski definition) is 2. The maximum atomic E-state index is 12.9. The van der Waals surface area contributed by atoms with Crippen molar-refractivity contribution in [2.24, 2.45) is 0 Å². The molecule has 0 spiro atoms. The molecule has 3 rings (SSSR count). The molecule has 0 fully saturated rings. The van der Waals surface area contributed by atoms with Crippen LogP contribution in [0.5, 0.6) is 0 Å². The Hall–Kier alpha value is -3.79. The zero-order valence-corrected chi connectivity index (χ0v) is 18.0. The third-order valence-electron chi connectivity index (χ3n) is 4.26. The number of halogens is 1. The van der Waals surface area contributed by atoms with Crippen molar-refractivity contribution >= 4 is 39.9 Å². The first-order valence-electron chi connectivity index (χ1n) is 9.60. The molecule has 0 aliphatic rings. The third kappa shape index (κ3) is 6.88. The minimum Gasteiger partial charge on any atom is -0.451 e. The van der Waals surface area contributed by atoms with Gasteiger partial charge in [-0.2, -0.15) is 0 Å². The molecule has 0 atom stereocenters. The smallest absolute Gasteiger partial charge is 0.358 e. The van der Waals surface area contributed by atoms with Crippen LogP contribution in [0.2, 0.25) is 0 Å². The molecule has 0 saturated carbocycles. The van der Waals surface area contributed by atoms with E-state index in [2.05, 4.69) is 15.6 Å². The van der Waals surface area contributed by atoms with Gasteiger partial charge in [0.1, 0.15) is 5.82 Å². The lowest BCUT2D eigenvalue weighted by Gasteiger charge is -2.16. The van der Waals surface area contributed by atoms with Crippen LogP contribution in [0.4, 0.5) is 15.2 Å². The Labute approximate surface area is 188 Å². The van der Waals surface area contributed by atoms with E-state index in [4.69, 9.17) is 4.74 Å². The molecule has 10 heteroatoms. The number of benzene rings is 2. The van der Waals surface area contributed by atoms with Crippen LogP contribution in [-0.4, -0.2) is 47.9 Å². The maximum absolute atomic E-state index is 12.9. The van der Waals surface area contributed by atoms with Crippen LogP contribution in [0.3, 0.4) is 0 Å². The summed E-state index contributed by atoms with van der Waals surface area (Å²) in [5, 5.41) is 7.77. The molecule has 0 saturated heterocycles. The summed E-state index contributed by atoms with van der Waals surface area (Å²) in [6.45, 7) is -0.215. The van der Waals surface area contributed by atoms with Crippen LogP contribution in [-0.2, 0) is 20.9 Å². The number of carbonyl (C=O) groups is 3. The molecule has 1 heterocycles. The van der Waals surface area contributed by atoms with Gasteiger partial charge in [-0.3, -0.25) is 9.59 Å². The van der Waals surface area contributed by atoms with E-state index < -0.39 is 30.2 Å². The monoisotopic (exact) mass is 456 g/mol. The lowest BCUT2D eigenvalue weighted by atomic mass is 10.2. The highest BCUT2D eigenvalue weighted by molar-refractivity contribution is 7.13. The fourth-order valence-electron chi connectivity index (χ4n) is 2.57. The van der Waals surface area contributed by atoms with Crippen LogP contribution in [0.15, 0.2) is 60.0 Å². The molecule has 0 aliphatic carbocycles. The van der Waals surface area contributed by atoms with Gasteiger partial charge in [0.2, 0.25) is 5.91 Å². The molecule has 0 unspecified atom stereocenters. The first-order valence-corrected chi connectivity index (χ1v) is 10.5. The molecular weight excluding hydrogens is 435 g/mol. The average Bonchev–Trinajstić information content (AvgIpc) is 3.27. The van der Waals surface area contributed by atoms with E-state index in [-0.39, 0.29) is 12.2 Å². The Balaban J connectivity index is 1.41. The predicted octanol–water partition coefficient (Wildman–Crippen LogP) is 3.15. The predicted molar refractivity (Wildman–Crippen MR) is 119 cm³/mol. The van der Waals surface area contributed by atoms with Gasteiger partial charge in [-0.05, 0) is 29.8 Å². The summed E-state index contributed by atoms with van der Waals surface area (Å²) in [4.78, 5) is 41.6. The van der Waals surface area contributed by atoms with Crippen molar-refractivity contribution in [1.82, 2.24) is 9.88 Å². The van der Waals surface area contributed by atoms with Crippen LogP contribution in [0.1, 0.15) is 16.1 Å². The van der Waals surface area contributed by atoms with Crippen LogP contribution < -0.4 is 10.6 Å². The van der Waals surface area contributed by atoms with Gasteiger partial charge in [-0.1, -0.05) is 30.3 Å². The van der Waals surface area contributed by atoms with Gasteiger partial charge >= 0.3 is 5.97 Å². The summed E-state index contributed by atoms with van der Waals surface area (Å²) >= 11 is 1.25. The van der Waals surface area contributed by atoms with Crippen molar-refractivity contribution in [2.45, 2.75) is 6.54 Å². The zero-order valence-electron chi connectivity index (χ0n) is 17.2. The van der Waals surface area contributed by atoms with E-state index in [0.29, 0.717) is 17.4 Å². The number of thiazole rings is 1. The number of anilines is 2. The number of amides is 2. The van der Waals surface area contributed by atoms with Gasteiger partial charge in [0.15, 0.2) is 17.4 Å². The van der Waals surface area contributed by atoms with Crippen LogP contribution in [0, 0.1) is 5.82 Å². The number of rotatable bonds is 9. The Kier molecular flexibility index (Phi) is 7.87. The first-order chi connectivity index (χ1) is 15.4. The number of esters is 1. The molecule has 8 nitrogen and oxygen atoms in total. The molecule has 166 valence electrons. The molecule has 1 aromatic heterocycles. The highest BCUT2D eigenvalue weighted by Crippen LogP contribution is 2.17. The van der Waals surface area contributed by atoms with Crippen molar-refractivity contribution < 1.29 is 23.5 Å². The molecule has 0 radical (unpaired) electrons. The Bertz CT molecular complexity index is 1070. The lowest BCUT2D eigenvalue weighted by molar-refractivity contribution is -0.136. The number of ether oxygens (including phenoxy) is 1. The molecule has 2 amide bonds. The highest BCUT2D eigenvalue weighted by Gasteiger charge is 2.18. The third-order valence-corrected chi connectivity index (χ3v) is 5.06. The van der Waals surface area contributed by atoms with Crippen molar-refractivity contribution in [3.05, 3.63) is 77.1 Å². The van der Waals surface area contributed by atoms with Crippen molar-refractivity contribution in [3.8, 4) is 0 Å². The first kappa shape index (κ1) is 22.9. The summed E-state index contributed by atoms with van der Waals surface area (Å²) in [5.74, 6) is -2.17. The van der Waals surface area contributed by atoms with Crippen molar-refractivity contribution in [2.75, 3.05) is 30.8 Å². The summed E-state index contributed by atoms with van der Waals surface area (Å²) in [5.41, 5.74) is 1.57. The molecule has 0 bridgehead atoms. The van der Waals surface area contributed by atoms with E-state index >= 15 is 0 Å². The van der Waals surface area contributed by atoms with Gasteiger partial charge < -0.3 is 20.3 Å². The van der Waals surface area contributed by atoms with Gasteiger partial charge in [0.25, 0.3) is 5.91 Å². The van der Waals surface area contributed by atoms with Crippen LogP contribution in [0.25, 0.3) is 0 Å². The minimum absolute atomic E-state index is 0.0927. The number of nitrogens with zero attached hydrogens (tertiary/aromatic N) is 2. The normalized spacial score (nSPS) is 10.3. The quantitative estimate of drug-likeness (QED) is 0.480. The average molecular weight is 456 g/mol. The topological polar surface area (TPSA) is 101 Å². The number of hydrogen-bond acceptors (Lipinski definition) is 7. The van der Waals surface area contributed by atoms with Crippen LogP contribution >= 0.6 is 11.3 Å². The van der Waals surface area contributed by atoms with E-state index in [1.165, 1.54) is 42.6 Å². The Morgan fingerprint density at radius 1 is 1.09 bits per heavy atom. The van der Waals surface area contributed by atoms with Gasteiger partial charge in [-0.15, -0.1) is 11.3 Å². The number of aromatic nitrogens is 1. The van der Waals surface area contributed by atoms with Crippen molar-refractivity contribution in [1.29, 1.82) is 0 Å². The minimum atomic E-state index is -0.730. The summed E-state index contributed by atoms with van der Waals surface area (Å²) in [6.07, 6.45) is 0. The molecule has 2 N–H and O–H groups in total. The molecule has 0 aliphatic heterocycles. The Morgan fingerprint density at radius 3 is 2.53 bits per heavy atom. The summed E-state index contributed by atoms with van der Waals surface area (Å²) < 4.78 is 17.9.